The molecule has 2 N–H and O–H groups in total. The summed E-state index contributed by atoms with van der Waals surface area (Å²) in [4.78, 5) is 24.4. The van der Waals surface area contributed by atoms with Crippen LogP contribution in [0.2, 0.25) is 0 Å². The van der Waals surface area contributed by atoms with E-state index in [0.717, 1.165) is 33.3 Å². The zero-order chi connectivity index (χ0) is 28.3. The second-order valence-electron chi connectivity index (χ2n) is 10.2. The number of benzene rings is 3. The average Bonchev–Trinajstić information content (AvgIpc) is 3.16. The summed E-state index contributed by atoms with van der Waals surface area (Å²) in [5.74, 6) is 1.64. The predicted molar refractivity (Wildman–Crippen MR) is 154 cm³/mol. The van der Waals surface area contributed by atoms with Crippen LogP contribution in [0.4, 0.5) is 0 Å². The monoisotopic (exact) mass is 522 g/mol. The van der Waals surface area contributed by atoms with Crippen molar-refractivity contribution in [3.63, 3.8) is 0 Å². The van der Waals surface area contributed by atoms with Gasteiger partial charge in [-0.2, -0.15) is 0 Å². The first-order chi connectivity index (χ1) is 18.6. The maximum absolute atomic E-state index is 13.2. The van der Waals surface area contributed by atoms with Crippen LogP contribution < -0.4 is 10.1 Å². The third-order valence-corrected chi connectivity index (χ3v) is 7.19. The van der Waals surface area contributed by atoms with E-state index in [0.29, 0.717) is 23.8 Å². The number of carbonyl (C=O) groups is 2. The summed E-state index contributed by atoms with van der Waals surface area (Å²) in [5, 5.41) is 13.4. The molecule has 200 valence electrons. The standard InChI is InChI=1S/C33H34N2O4/c1-7-31(33(37)38)39-28-13-8-10-24(16-28)19-35-23(6)21(4)29-18-27(14-15-30(29)35)32(36)34-22(5)26-12-9-11-25(17-26)20(2)3/h1,8-18,20,22,31H,19H2,2-6H3,(H,34,36)(H,37,38)/t22-,31-/m0/s1. The molecule has 0 bridgehead atoms. The minimum Gasteiger partial charge on any atom is -0.478 e. The fourth-order valence-electron chi connectivity index (χ4n) is 4.74. The zero-order valence-electron chi connectivity index (χ0n) is 23.0. The lowest BCUT2D eigenvalue weighted by Gasteiger charge is -2.16. The van der Waals surface area contributed by atoms with Gasteiger partial charge in [0.2, 0.25) is 0 Å². The van der Waals surface area contributed by atoms with Crippen LogP contribution in [0.15, 0.2) is 66.7 Å². The number of ether oxygens (including phenoxy) is 1. The molecule has 2 atom stereocenters. The molecule has 39 heavy (non-hydrogen) atoms. The van der Waals surface area contributed by atoms with Crippen LogP contribution in [0.1, 0.15) is 71.0 Å². The number of hydrogen-bond donors (Lipinski definition) is 2. The predicted octanol–water partition coefficient (Wildman–Crippen LogP) is 6.39. The van der Waals surface area contributed by atoms with Crippen molar-refractivity contribution in [1.29, 1.82) is 0 Å². The van der Waals surface area contributed by atoms with Crippen LogP contribution in [0, 0.1) is 26.2 Å². The van der Waals surface area contributed by atoms with Gasteiger partial charge in [0, 0.05) is 28.7 Å². The second kappa shape index (κ2) is 11.5. The van der Waals surface area contributed by atoms with E-state index in [9.17, 15) is 14.7 Å². The quantitative estimate of drug-likeness (QED) is 0.250. The summed E-state index contributed by atoms with van der Waals surface area (Å²) in [6.45, 7) is 11.0. The Hall–Kier alpha value is -4.50. The molecule has 4 aromatic rings. The topological polar surface area (TPSA) is 80.6 Å². The highest BCUT2D eigenvalue weighted by Crippen LogP contribution is 2.28. The average molecular weight is 523 g/mol. The summed E-state index contributed by atoms with van der Waals surface area (Å²) >= 11 is 0. The Labute approximate surface area is 229 Å². The molecule has 0 radical (unpaired) electrons. The normalized spacial score (nSPS) is 12.6. The van der Waals surface area contributed by atoms with Crippen LogP contribution in [0.5, 0.6) is 5.75 Å². The molecule has 0 aliphatic rings. The van der Waals surface area contributed by atoms with Crippen LogP contribution in [0.3, 0.4) is 0 Å². The third kappa shape index (κ3) is 5.99. The number of carboxylic acid groups (broad SMARTS) is 1. The molecule has 4 rings (SSSR count). The van der Waals surface area contributed by atoms with E-state index in [2.05, 4.69) is 55.6 Å². The molecule has 3 aromatic carbocycles. The van der Waals surface area contributed by atoms with Gasteiger partial charge in [-0.1, -0.05) is 56.2 Å². The summed E-state index contributed by atoms with van der Waals surface area (Å²) < 4.78 is 7.64. The Morgan fingerprint density at radius 3 is 2.41 bits per heavy atom. The summed E-state index contributed by atoms with van der Waals surface area (Å²) in [5.41, 5.74) is 7.07. The van der Waals surface area contributed by atoms with E-state index < -0.39 is 12.1 Å². The van der Waals surface area contributed by atoms with E-state index >= 15 is 0 Å². The first kappa shape index (κ1) is 27.5. The number of aryl methyl sites for hydroxylation is 1. The van der Waals surface area contributed by atoms with E-state index in [1.165, 1.54) is 5.56 Å². The molecule has 1 heterocycles. The van der Waals surface area contributed by atoms with Crippen molar-refractivity contribution < 1.29 is 19.4 Å². The van der Waals surface area contributed by atoms with Gasteiger partial charge >= 0.3 is 5.97 Å². The highest BCUT2D eigenvalue weighted by Gasteiger charge is 2.18. The molecule has 0 spiro atoms. The number of nitrogens with one attached hydrogen (secondary N) is 1. The highest BCUT2D eigenvalue weighted by molar-refractivity contribution is 5.99. The minimum atomic E-state index is -1.34. The van der Waals surface area contributed by atoms with Gasteiger partial charge in [-0.25, -0.2) is 4.79 Å². The summed E-state index contributed by atoms with van der Waals surface area (Å²) in [6.07, 6.45) is 3.94. The molecule has 0 aliphatic carbocycles. The first-order valence-electron chi connectivity index (χ1n) is 13.0. The minimum absolute atomic E-state index is 0.115. The number of amides is 1. The lowest BCUT2D eigenvalue weighted by molar-refractivity contribution is -0.142. The van der Waals surface area contributed by atoms with Crippen molar-refractivity contribution in [2.24, 2.45) is 0 Å². The van der Waals surface area contributed by atoms with Crippen molar-refractivity contribution in [2.75, 3.05) is 0 Å². The summed E-state index contributed by atoms with van der Waals surface area (Å²) in [6, 6.07) is 21.3. The van der Waals surface area contributed by atoms with Crippen LogP contribution in [-0.2, 0) is 11.3 Å². The summed E-state index contributed by atoms with van der Waals surface area (Å²) in [7, 11) is 0. The number of fused-ring (bicyclic) bond motifs is 1. The fraction of sp³-hybridized carbons (Fsp3) is 0.273. The number of nitrogens with zero attached hydrogens (tertiary/aromatic N) is 1. The van der Waals surface area contributed by atoms with E-state index in [4.69, 9.17) is 11.2 Å². The van der Waals surface area contributed by atoms with Crippen LogP contribution in [-0.4, -0.2) is 27.7 Å². The molecular formula is C33H34N2O4. The Kier molecular flexibility index (Phi) is 8.11. The fourth-order valence-corrected chi connectivity index (χ4v) is 4.74. The number of carbonyl (C=O) groups excluding carboxylic acids is 1. The Morgan fingerprint density at radius 1 is 1.00 bits per heavy atom. The van der Waals surface area contributed by atoms with Gasteiger partial charge in [-0.3, -0.25) is 4.79 Å². The Morgan fingerprint density at radius 2 is 1.72 bits per heavy atom. The Bertz CT molecular complexity index is 1570. The van der Waals surface area contributed by atoms with Gasteiger partial charge < -0.3 is 19.7 Å². The maximum atomic E-state index is 13.2. The van der Waals surface area contributed by atoms with Crippen LogP contribution in [0.25, 0.3) is 10.9 Å². The van der Waals surface area contributed by atoms with Crippen molar-refractivity contribution in [2.45, 2.75) is 59.2 Å². The van der Waals surface area contributed by atoms with E-state index in [-0.39, 0.29) is 11.9 Å². The van der Waals surface area contributed by atoms with Gasteiger partial charge in [0.1, 0.15) is 5.75 Å². The highest BCUT2D eigenvalue weighted by atomic mass is 16.5. The number of terminal acetylenes is 1. The molecule has 1 amide bonds. The second-order valence-corrected chi connectivity index (χ2v) is 10.2. The molecule has 0 fully saturated rings. The van der Waals surface area contributed by atoms with Gasteiger partial charge in [0.15, 0.2) is 0 Å². The third-order valence-electron chi connectivity index (χ3n) is 7.19. The van der Waals surface area contributed by atoms with Crippen molar-refractivity contribution in [3.8, 4) is 18.1 Å². The van der Waals surface area contributed by atoms with Crippen molar-refractivity contribution in [1.82, 2.24) is 9.88 Å². The molecule has 0 unspecified atom stereocenters. The number of hydrogen-bond acceptors (Lipinski definition) is 3. The van der Waals surface area contributed by atoms with Crippen molar-refractivity contribution in [3.05, 3.63) is 100 Å². The van der Waals surface area contributed by atoms with Gasteiger partial charge in [-0.05, 0) is 79.3 Å². The molecule has 0 aliphatic heterocycles. The molecule has 0 saturated heterocycles. The number of aromatic nitrogens is 1. The molecule has 0 saturated carbocycles. The molecular weight excluding hydrogens is 488 g/mol. The lowest BCUT2D eigenvalue weighted by Crippen LogP contribution is -2.26. The zero-order valence-corrected chi connectivity index (χ0v) is 23.0. The first-order valence-corrected chi connectivity index (χ1v) is 13.0. The van der Waals surface area contributed by atoms with Crippen LogP contribution >= 0.6 is 0 Å². The number of aliphatic carboxylic acids is 1. The van der Waals surface area contributed by atoms with E-state index in [1.54, 1.807) is 12.1 Å². The smallest absolute Gasteiger partial charge is 0.357 e. The van der Waals surface area contributed by atoms with Gasteiger partial charge in [-0.15, -0.1) is 6.42 Å². The Balaban J connectivity index is 1.56. The largest absolute Gasteiger partial charge is 0.478 e. The molecule has 6 nitrogen and oxygen atoms in total. The van der Waals surface area contributed by atoms with E-state index in [1.807, 2.05) is 49.4 Å². The van der Waals surface area contributed by atoms with Gasteiger partial charge in [0.25, 0.3) is 12.0 Å². The number of rotatable bonds is 9. The molecule has 1 aromatic heterocycles. The maximum Gasteiger partial charge on any atom is 0.357 e. The van der Waals surface area contributed by atoms with Crippen molar-refractivity contribution >= 4 is 22.8 Å². The SMILES string of the molecule is C#C[C@H](Oc1cccc(Cn2c(C)c(C)c3cc(C(=O)N[C@@H](C)c4cccc(C(C)C)c4)ccc32)c1)C(=O)O. The van der Waals surface area contributed by atoms with Gasteiger partial charge in [0.05, 0.1) is 6.04 Å². The number of carboxylic acids is 1. The lowest BCUT2D eigenvalue weighted by atomic mass is 9.98. The molecule has 6 heteroatoms.